The highest BCUT2D eigenvalue weighted by molar-refractivity contribution is 6.04. The van der Waals surface area contributed by atoms with Crippen LogP contribution in [0.25, 0.3) is 0 Å². The fourth-order valence-corrected chi connectivity index (χ4v) is 1.76. The number of hydrogen-bond donors (Lipinski definition) is 1. The number of carbonyl (C=O) groups is 1. The predicted octanol–water partition coefficient (Wildman–Crippen LogP) is 4.15. The maximum absolute atomic E-state index is 12.1. The molecule has 0 saturated heterocycles. The third-order valence-corrected chi connectivity index (χ3v) is 2.61. The monoisotopic (exact) mass is 295 g/mol. The van der Waals surface area contributed by atoms with Gasteiger partial charge in [-0.25, -0.2) is 0 Å². The van der Waals surface area contributed by atoms with Crippen molar-refractivity contribution in [3.8, 4) is 5.75 Å². The van der Waals surface area contributed by atoms with E-state index in [1.54, 1.807) is 18.2 Å². The van der Waals surface area contributed by atoms with Gasteiger partial charge >= 0.3 is 6.36 Å². The molecule has 0 heterocycles. The molecule has 0 fully saturated rings. The summed E-state index contributed by atoms with van der Waals surface area (Å²) in [6.45, 7) is 1.87. The number of benzene rings is 2. The number of carbonyl (C=O) groups excluding carboxylic acids is 1. The van der Waals surface area contributed by atoms with E-state index in [0.717, 1.165) is 17.7 Å². The van der Waals surface area contributed by atoms with E-state index in [4.69, 9.17) is 0 Å². The van der Waals surface area contributed by atoms with Crippen molar-refractivity contribution in [1.82, 2.24) is 0 Å². The predicted molar refractivity (Wildman–Crippen MR) is 72.3 cm³/mol. The quantitative estimate of drug-likeness (QED) is 0.924. The number of alkyl halides is 3. The van der Waals surface area contributed by atoms with Gasteiger partial charge in [0.25, 0.3) is 5.91 Å². The molecule has 0 aliphatic carbocycles. The average molecular weight is 295 g/mol. The van der Waals surface area contributed by atoms with Crippen LogP contribution in [0.4, 0.5) is 18.9 Å². The lowest BCUT2D eigenvalue weighted by molar-refractivity contribution is -0.274. The number of ether oxygens (including phenoxy) is 1. The van der Waals surface area contributed by atoms with Crippen molar-refractivity contribution in [2.75, 3.05) is 5.32 Å². The van der Waals surface area contributed by atoms with Gasteiger partial charge in [-0.3, -0.25) is 4.79 Å². The van der Waals surface area contributed by atoms with E-state index in [1.807, 2.05) is 13.0 Å². The molecule has 0 aliphatic rings. The third kappa shape index (κ3) is 4.52. The standard InChI is InChI=1S/C15H12F3NO2/c1-10-4-2-6-12(8-10)19-14(20)11-5-3-7-13(9-11)21-15(16,17)18/h2-9H,1H3,(H,19,20). The Morgan fingerprint density at radius 3 is 2.48 bits per heavy atom. The number of rotatable bonds is 3. The molecule has 21 heavy (non-hydrogen) atoms. The normalized spacial score (nSPS) is 11.0. The number of halogens is 3. The van der Waals surface area contributed by atoms with Gasteiger partial charge in [-0.2, -0.15) is 0 Å². The summed E-state index contributed by atoms with van der Waals surface area (Å²) >= 11 is 0. The van der Waals surface area contributed by atoms with Crippen LogP contribution in [0.1, 0.15) is 15.9 Å². The fourth-order valence-electron chi connectivity index (χ4n) is 1.76. The van der Waals surface area contributed by atoms with E-state index in [1.165, 1.54) is 12.1 Å². The second-order valence-corrected chi connectivity index (χ2v) is 4.40. The van der Waals surface area contributed by atoms with Crippen LogP contribution in [0, 0.1) is 6.92 Å². The van der Waals surface area contributed by atoms with Gasteiger partial charge in [0.1, 0.15) is 5.75 Å². The first-order valence-electron chi connectivity index (χ1n) is 6.07. The summed E-state index contributed by atoms with van der Waals surface area (Å²) in [7, 11) is 0. The minimum absolute atomic E-state index is 0.0817. The molecule has 1 amide bonds. The smallest absolute Gasteiger partial charge is 0.406 e. The second kappa shape index (κ2) is 5.87. The molecular formula is C15H12F3NO2. The summed E-state index contributed by atoms with van der Waals surface area (Å²) in [5, 5.41) is 2.61. The molecule has 0 unspecified atom stereocenters. The van der Waals surface area contributed by atoms with Crippen molar-refractivity contribution in [1.29, 1.82) is 0 Å². The number of anilines is 1. The Kier molecular flexibility index (Phi) is 4.16. The van der Waals surface area contributed by atoms with Crippen LogP contribution in [0.3, 0.4) is 0 Å². The summed E-state index contributed by atoms with van der Waals surface area (Å²) in [5.41, 5.74) is 1.61. The molecule has 1 N–H and O–H groups in total. The van der Waals surface area contributed by atoms with Crippen LogP contribution < -0.4 is 10.1 Å². The SMILES string of the molecule is Cc1cccc(NC(=O)c2cccc(OC(F)(F)F)c2)c1. The Morgan fingerprint density at radius 2 is 1.81 bits per heavy atom. The Balaban J connectivity index is 2.14. The summed E-state index contributed by atoms with van der Waals surface area (Å²) in [5.74, 6) is -0.937. The molecule has 3 nitrogen and oxygen atoms in total. The van der Waals surface area contributed by atoms with E-state index in [2.05, 4.69) is 10.1 Å². The van der Waals surface area contributed by atoms with E-state index < -0.39 is 18.0 Å². The molecule has 0 aromatic heterocycles. The van der Waals surface area contributed by atoms with Crippen LogP contribution in [-0.2, 0) is 0 Å². The zero-order chi connectivity index (χ0) is 15.5. The highest BCUT2D eigenvalue weighted by Crippen LogP contribution is 2.23. The van der Waals surface area contributed by atoms with E-state index >= 15 is 0 Å². The van der Waals surface area contributed by atoms with Gasteiger partial charge in [-0.05, 0) is 42.8 Å². The summed E-state index contributed by atoms with van der Waals surface area (Å²) in [6.07, 6.45) is -4.79. The summed E-state index contributed by atoms with van der Waals surface area (Å²) in [6, 6.07) is 12.0. The molecular weight excluding hydrogens is 283 g/mol. The summed E-state index contributed by atoms with van der Waals surface area (Å²) in [4.78, 5) is 12.0. The number of aryl methyl sites for hydroxylation is 1. The lowest BCUT2D eigenvalue weighted by Crippen LogP contribution is -2.18. The molecule has 2 aromatic carbocycles. The highest BCUT2D eigenvalue weighted by Gasteiger charge is 2.31. The Labute approximate surface area is 119 Å². The van der Waals surface area contributed by atoms with Crippen molar-refractivity contribution in [3.05, 3.63) is 59.7 Å². The zero-order valence-electron chi connectivity index (χ0n) is 11.1. The number of amides is 1. The van der Waals surface area contributed by atoms with E-state index in [9.17, 15) is 18.0 Å². The molecule has 0 saturated carbocycles. The molecule has 0 bridgehead atoms. The van der Waals surface area contributed by atoms with E-state index in [-0.39, 0.29) is 5.56 Å². The maximum atomic E-state index is 12.1. The first-order chi connectivity index (χ1) is 9.83. The molecule has 0 radical (unpaired) electrons. The number of hydrogen-bond acceptors (Lipinski definition) is 2. The average Bonchev–Trinajstić information content (AvgIpc) is 2.37. The van der Waals surface area contributed by atoms with Gasteiger partial charge in [-0.15, -0.1) is 13.2 Å². The first-order valence-corrected chi connectivity index (χ1v) is 6.07. The van der Waals surface area contributed by atoms with Crippen molar-refractivity contribution in [3.63, 3.8) is 0 Å². The number of nitrogens with one attached hydrogen (secondary N) is 1. The molecule has 0 atom stereocenters. The Bertz CT molecular complexity index is 653. The van der Waals surface area contributed by atoms with Crippen LogP contribution in [-0.4, -0.2) is 12.3 Å². The molecule has 0 spiro atoms. The molecule has 0 aliphatic heterocycles. The molecule has 2 rings (SSSR count). The van der Waals surface area contributed by atoms with Crippen LogP contribution in [0.5, 0.6) is 5.75 Å². The first kappa shape index (κ1) is 14.9. The highest BCUT2D eigenvalue weighted by atomic mass is 19.4. The summed E-state index contributed by atoms with van der Waals surface area (Å²) < 4.78 is 40.2. The van der Waals surface area contributed by atoms with E-state index in [0.29, 0.717) is 5.69 Å². The van der Waals surface area contributed by atoms with Crippen LogP contribution >= 0.6 is 0 Å². The largest absolute Gasteiger partial charge is 0.573 e. The fraction of sp³-hybridized carbons (Fsp3) is 0.133. The lowest BCUT2D eigenvalue weighted by atomic mass is 10.2. The van der Waals surface area contributed by atoms with Gasteiger partial charge in [0.05, 0.1) is 0 Å². The minimum atomic E-state index is -4.79. The topological polar surface area (TPSA) is 38.3 Å². The van der Waals surface area contributed by atoms with Gasteiger partial charge in [0.2, 0.25) is 0 Å². The minimum Gasteiger partial charge on any atom is -0.406 e. The second-order valence-electron chi connectivity index (χ2n) is 4.40. The van der Waals surface area contributed by atoms with Crippen molar-refractivity contribution < 1.29 is 22.7 Å². The van der Waals surface area contributed by atoms with Gasteiger partial charge < -0.3 is 10.1 Å². The van der Waals surface area contributed by atoms with Crippen molar-refractivity contribution >= 4 is 11.6 Å². The van der Waals surface area contributed by atoms with Crippen molar-refractivity contribution in [2.24, 2.45) is 0 Å². The van der Waals surface area contributed by atoms with Gasteiger partial charge in [0.15, 0.2) is 0 Å². The van der Waals surface area contributed by atoms with Crippen LogP contribution in [0.2, 0.25) is 0 Å². The lowest BCUT2D eigenvalue weighted by Gasteiger charge is -2.10. The van der Waals surface area contributed by atoms with Gasteiger partial charge in [0, 0.05) is 11.3 Å². The molecule has 2 aromatic rings. The maximum Gasteiger partial charge on any atom is 0.573 e. The Hall–Kier alpha value is -2.50. The third-order valence-electron chi connectivity index (χ3n) is 2.61. The van der Waals surface area contributed by atoms with Crippen molar-refractivity contribution in [2.45, 2.75) is 13.3 Å². The molecule has 110 valence electrons. The van der Waals surface area contributed by atoms with Crippen LogP contribution in [0.15, 0.2) is 48.5 Å². The molecule has 6 heteroatoms. The van der Waals surface area contributed by atoms with Gasteiger partial charge in [-0.1, -0.05) is 18.2 Å². The zero-order valence-corrected chi connectivity index (χ0v) is 11.1. The Morgan fingerprint density at radius 1 is 1.10 bits per heavy atom.